The predicted molar refractivity (Wildman–Crippen MR) is 80.8 cm³/mol. The van der Waals surface area contributed by atoms with E-state index in [2.05, 4.69) is 10.1 Å². The van der Waals surface area contributed by atoms with E-state index in [0.29, 0.717) is 13.2 Å². The molecule has 1 atom stereocenters. The molecule has 2 heterocycles. The number of halogens is 1. The second-order valence-electron chi connectivity index (χ2n) is 4.72. The van der Waals surface area contributed by atoms with Crippen LogP contribution in [-0.4, -0.2) is 21.3 Å². The van der Waals surface area contributed by atoms with Crippen LogP contribution in [0.15, 0.2) is 35.1 Å². The van der Waals surface area contributed by atoms with E-state index in [0.717, 1.165) is 28.3 Å². The second kappa shape index (κ2) is 5.77. The molecule has 0 aliphatic carbocycles. The molecule has 6 heteroatoms. The maximum Gasteiger partial charge on any atom is 0.147 e. The quantitative estimate of drug-likeness (QED) is 0.673. The molecule has 5 nitrogen and oxygen atoms in total. The second-order valence-corrected chi connectivity index (χ2v) is 5.37. The van der Waals surface area contributed by atoms with Crippen molar-refractivity contribution in [3.05, 3.63) is 42.0 Å². The molecule has 0 radical (unpaired) electrons. The average Bonchev–Trinajstić information content (AvgIpc) is 3.09. The lowest BCUT2D eigenvalue weighted by Crippen LogP contribution is -2.05. The molecule has 0 N–H and O–H groups in total. The molecule has 21 heavy (non-hydrogen) atoms. The molecule has 0 aliphatic heterocycles. The van der Waals surface area contributed by atoms with Gasteiger partial charge in [0.2, 0.25) is 0 Å². The smallest absolute Gasteiger partial charge is 0.147 e. The zero-order valence-corrected chi connectivity index (χ0v) is 12.7. The predicted octanol–water partition coefficient (Wildman–Crippen LogP) is 3.77. The Bertz CT molecular complexity index is 735. The number of alkyl halides is 1. The maximum atomic E-state index is 6.28. The Morgan fingerprint density at radius 2 is 2.24 bits per heavy atom. The van der Waals surface area contributed by atoms with Crippen LogP contribution in [0.3, 0.4) is 0 Å². The standard InChI is InChI=1S/C15H16ClN3O2/c1-3-20-13-6-4-5-12-14(13)17-15(10(2)16)19(12)9-11-7-8-21-18-11/h4-8,10H,3,9H2,1-2H3. The summed E-state index contributed by atoms with van der Waals surface area (Å²) in [6, 6.07) is 7.72. The van der Waals surface area contributed by atoms with E-state index < -0.39 is 0 Å². The molecule has 0 saturated heterocycles. The van der Waals surface area contributed by atoms with Crippen LogP contribution in [0.4, 0.5) is 0 Å². The van der Waals surface area contributed by atoms with Crippen molar-refractivity contribution in [1.29, 1.82) is 0 Å². The summed E-state index contributed by atoms with van der Waals surface area (Å²) in [5.74, 6) is 1.56. The number of nitrogens with zero attached hydrogens (tertiary/aromatic N) is 3. The molecule has 0 bridgehead atoms. The van der Waals surface area contributed by atoms with Gasteiger partial charge in [-0.15, -0.1) is 11.6 Å². The molecular weight excluding hydrogens is 290 g/mol. The number of imidazole rings is 1. The van der Waals surface area contributed by atoms with E-state index in [1.165, 1.54) is 0 Å². The van der Waals surface area contributed by atoms with Gasteiger partial charge < -0.3 is 13.8 Å². The number of hydrogen-bond acceptors (Lipinski definition) is 4. The summed E-state index contributed by atoms with van der Waals surface area (Å²) in [5, 5.41) is 3.75. The van der Waals surface area contributed by atoms with Crippen molar-refractivity contribution in [2.24, 2.45) is 0 Å². The zero-order valence-electron chi connectivity index (χ0n) is 11.9. The minimum Gasteiger partial charge on any atom is -0.492 e. The highest BCUT2D eigenvalue weighted by Gasteiger charge is 2.18. The van der Waals surface area contributed by atoms with Crippen molar-refractivity contribution >= 4 is 22.6 Å². The van der Waals surface area contributed by atoms with Gasteiger partial charge in [-0.2, -0.15) is 0 Å². The summed E-state index contributed by atoms with van der Waals surface area (Å²) >= 11 is 6.28. The van der Waals surface area contributed by atoms with Gasteiger partial charge in [-0.3, -0.25) is 0 Å². The van der Waals surface area contributed by atoms with Crippen molar-refractivity contribution in [2.75, 3.05) is 6.61 Å². The normalized spacial score (nSPS) is 12.7. The van der Waals surface area contributed by atoms with Gasteiger partial charge in [0.1, 0.15) is 29.0 Å². The summed E-state index contributed by atoms with van der Waals surface area (Å²) < 4.78 is 12.6. The third-order valence-electron chi connectivity index (χ3n) is 3.24. The number of rotatable bonds is 5. The third kappa shape index (κ3) is 2.61. The number of hydrogen-bond donors (Lipinski definition) is 0. The van der Waals surface area contributed by atoms with Crippen molar-refractivity contribution in [3.8, 4) is 5.75 Å². The Morgan fingerprint density at radius 3 is 2.90 bits per heavy atom. The van der Waals surface area contributed by atoms with Gasteiger partial charge in [0.25, 0.3) is 0 Å². The van der Waals surface area contributed by atoms with E-state index in [-0.39, 0.29) is 5.38 Å². The van der Waals surface area contributed by atoms with Gasteiger partial charge in [-0.05, 0) is 26.0 Å². The largest absolute Gasteiger partial charge is 0.492 e. The van der Waals surface area contributed by atoms with Crippen molar-refractivity contribution in [2.45, 2.75) is 25.8 Å². The molecule has 0 fully saturated rings. The summed E-state index contributed by atoms with van der Waals surface area (Å²) in [6.07, 6.45) is 1.56. The monoisotopic (exact) mass is 305 g/mol. The Labute approximate surface area is 127 Å². The van der Waals surface area contributed by atoms with Crippen LogP contribution < -0.4 is 4.74 Å². The SMILES string of the molecule is CCOc1cccc2c1nc(C(C)Cl)n2Cc1ccon1. The van der Waals surface area contributed by atoms with Gasteiger partial charge in [-0.25, -0.2) is 4.98 Å². The van der Waals surface area contributed by atoms with Crippen LogP contribution in [0.1, 0.15) is 30.7 Å². The van der Waals surface area contributed by atoms with Crippen LogP contribution in [0, 0.1) is 0 Å². The molecule has 0 amide bonds. The fourth-order valence-electron chi connectivity index (χ4n) is 2.36. The van der Waals surface area contributed by atoms with Gasteiger partial charge >= 0.3 is 0 Å². The summed E-state index contributed by atoms with van der Waals surface area (Å²) in [6.45, 7) is 5.02. The van der Waals surface area contributed by atoms with Gasteiger partial charge in [-0.1, -0.05) is 11.2 Å². The summed E-state index contributed by atoms with van der Waals surface area (Å²) in [5.41, 5.74) is 2.63. The first-order valence-corrected chi connectivity index (χ1v) is 7.29. The van der Waals surface area contributed by atoms with Crippen molar-refractivity contribution in [1.82, 2.24) is 14.7 Å². The number of para-hydroxylation sites is 1. The lowest BCUT2D eigenvalue weighted by atomic mass is 10.3. The zero-order chi connectivity index (χ0) is 14.8. The number of ether oxygens (including phenoxy) is 1. The highest BCUT2D eigenvalue weighted by atomic mass is 35.5. The molecule has 1 aromatic carbocycles. The maximum absolute atomic E-state index is 6.28. The molecule has 2 aromatic heterocycles. The first kappa shape index (κ1) is 13.9. The molecule has 3 aromatic rings. The molecule has 0 spiro atoms. The van der Waals surface area contributed by atoms with Crippen LogP contribution in [0.2, 0.25) is 0 Å². The van der Waals surface area contributed by atoms with Crippen molar-refractivity contribution in [3.63, 3.8) is 0 Å². The van der Waals surface area contributed by atoms with E-state index in [1.807, 2.05) is 42.7 Å². The van der Waals surface area contributed by atoms with Crippen LogP contribution in [0.5, 0.6) is 5.75 Å². The molecule has 0 aliphatic rings. The summed E-state index contributed by atoms with van der Waals surface area (Å²) in [4.78, 5) is 4.66. The molecule has 110 valence electrons. The van der Waals surface area contributed by atoms with Crippen LogP contribution in [0.25, 0.3) is 11.0 Å². The first-order valence-electron chi connectivity index (χ1n) is 6.86. The molecule has 1 unspecified atom stereocenters. The molecule has 3 rings (SSSR count). The molecule has 0 saturated carbocycles. The highest BCUT2D eigenvalue weighted by molar-refractivity contribution is 6.20. The Kier molecular flexibility index (Phi) is 3.84. The number of benzene rings is 1. The van der Waals surface area contributed by atoms with Crippen molar-refractivity contribution < 1.29 is 9.26 Å². The van der Waals surface area contributed by atoms with E-state index in [4.69, 9.17) is 20.9 Å². The molecular formula is C15H16ClN3O2. The van der Waals surface area contributed by atoms with Crippen LogP contribution in [-0.2, 0) is 6.54 Å². The fourth-order valence-corrected chi connectivity index (χ4v) is 2.53. The number of aromatic nitrogens is 3. The third-order valence-corrected chi connectivity index (χ3v) is 3.43. The summed E-state index contributed by atoms with van der Waals surface area (Å²) in [7, 11) is 0. The highest BCUT2D eigenvalue weighted by Crippen LogP contribution is 2.30. The Hall–Kier alpha value is -2.01. The van der Waals surface area contributed by atoms with Gasteiger partial charge in [0.15, 0.2) is 0 Å². The lowest BCUT2D eigenvalue weighted by Gasteiger charge is -2.08. The van der Waals surface area contributed by atoms with E-state index in [9.17, 15) is 0 Å². The minimum atomic E-state index is -0.209. The minimum absolute atomic E-state index is 0.209. The number of fused-ring (bicyclic) bond motifs is 1. The topological polar surface area (TPSA) is 53.1 Å². The lowest BCUT2D eigenvalue weighted by molar-refractivity contribution is 0.343. The first-order chi connectivity index (χ1) is 10.2. The van der Waals surface area contributed by atoms with Gasteiger partial charge in [0.05, 0.1) is 24.0 Å². The Morgan fingerprint density at radius 1 is 1.38 bits per heavy atom. The van der Waals surface area contributed by atoms with E-state index in [1.54, 1.807) is 6.26 Å². The Balaban J connectivity index is 2.15. The van der Waals surface area contributed by atoms with Gasteiger partial charge in [0, 0.05) is 6.07 Å². The average molecular weight is 306 g/mol. The van der Waals surface area contributed by atoms with Crippen LogP contribution >= 0.6 is 11.6 Å². The fraction of sp³-hybridized carbons (Fsp3) is 0.333. The van der Waals surface area contributed by atoms with E-state index >= 15 is 0 Å².